The van der Waals surface area contributed by atoms with Gasteiger partial charge >= 0.3 is 11.9 Å². The van der Waals surface area contributed by atoms with Gasteiger partial charge in [0.15, 0.2) is 0 Å². The van der Waals surface area contributed by atoms with Gasteiger partial charge in [-0.15, -0.1) is 0 Å². The summed E-state index contributed by atoms with van der Waals surface area (Å²) in [7, 11) is 0. The summed E-state index contributed by atoms with van der Waals surface area (Å²) in [5.74, 6) is -2.51. The van der Waals surface area contributed by atoms with Crippen molar-refractivity contribution in [2.75, 3.05) is 6.54 Å². The molecule has 0 saturated carbocycles. The van der Waals surface area contributed by atoms with Crippen LogP contribution in [0, 0.1) is 0 Å². The number of carboxylic acids is 2. The van der Waals surface area contributed by atoms with Crippen LogP contribution in [0.25, 0.3) is 11.3 Å². The average Bonchev–Trinajstić information content (AvgIpc) is 3.11. The van der Waals surface area contributed by atoms with Gasteiger partial charge in [0, 0.05) is 42.5 Å². The van der Waals surface area contributed by atoms with Crippen molar-refractivity contribution in [3.05, 3.63) is 58.8 Å². The highest BCUT2D eigenvalue weighted by Crippen LogP contribution is 2.38. The van der Waals surface area contributed by atoms with Crippen LogP contribution >= 0.6 is 0 Å². The zero-order valence-corrected chi connectivity index (χ0v) is 17.6. The Morgan fingerprint density at radius 3 is 2.50 bits per heavy atom. The van der Waals surface area contributed by atoms with Crippen molar-refractivity contribution in [1.29, 1.82) is 0 Å². The van der Waals surface area contributed by atoms with Crippen LogP contribution in [0.4, 0.5) is 0 Å². The fourth-order valence-electron chi connectivity index (χ4n) is 4.27. The minimum absolute atomic E-state index is 0.478. The molecule has 3 N–H and O–H groups in total. The molecule has 1 atom stereocenters. The third kappa shape index (κ3) is 5.00. The lowest BCUT2D eigenvalue weighted by molar-refractivity contribution is -0.134. The van der Waals surface area contributed by atoms with Crippen molar-refractivity contribution in [2.45, 2.75) is 58.5 Å². The summed E-state index contributed by atoms with van der Waals surface area (Å²) in [4.78, 5) is 19.1. The SMILES string of the molecule is CCCCc1ccc2c(c1)CCc1cc3n(c1-2)CCNC3C.O=C(O)C=CC(=O)O. The normalized spacial score (nSPS) is 16.8. The number of hydrogen-bond acceptors (Lipinski definition) is 3. The van der Waals surface area contributed by atoms with E-state index in [4.69, 9.17) is 10.2 Å². The predicted octanol–water partition coefficient (Wildman–Crippen LogP) is 3.97. The van der Waals surface area contributed by atoms with Crippen molar-refractivity contribution in [3.63, 3.8) is 0 Å². The Morgan fingerprint density at radius 1 is 1.13 bits per heavy atom. The Bertz CT molecular complexity index is 942. The predicted molar refractivity (Wildman–Crippen MR) is 117 cm³/mol. The first-order valence-corrected chi connectivity index (χ1v) is 10.6. The standard InChI is InChI=1S/C20H26N2.C4H4O4/c1-3-4-5-15-6-9-18-16(12-15)7-8-17-13-19-14(2)21-10-11-22(19)20(17)18;5-3(6)1-2-4(7)8/h6,9,12-14,21H,3-5,7-8,10-11H2,1-2H3;1-2H,(H,5,6)(H,7,8). The fourth-order valence-corrected chi connectivity index (χ4v) is 4.27. The highest BCUT2D eigenvalue weighted by Gasteiger charge is 2.26. The van der Waals surface area contributed by atoms with Crippen LogP contribution in [-0.2, 0) is 35.4 Å². The van der Waals surface area contributed by atoms with Gasteiger partial charge < -0.3 is 20.1 Å². The smallest absolute Gasteiger partial charge is 0.328 e. The minimum atomic E-state index is -1.26. The molecule has 2 heterocycles. The summed E-state index contributed by atoms with van der Waals surface area (Å²) in [5, 5.41) is 19.2. The first kappa shape index (κ1) is 21.8. The van der Waals surface area contributed by atoms with Crippen LogP contribution in [0.1, 0.15) is 55.1 Å². The number of nitrogens with one attached hydrogen (secondary N) is 1. The van der Waals surface area contributed by atoms with Crippen molar-refractivity contribution in [1.82, 2.24) is 9.88 Å². The van der Waals surface area contributed by atoms with E-state index in [1.165, 1.54) is 54.6 Å². The van der Waals surface area contributed by atoms with E-state index in [2.05, 4.69) is 48.0 Å². The largest absolute Gasteiger partial charge is 0.478 e. The van der Waals surface area contributed by atoms with Crippen LogP contribution < -0.4 is 5.32 Å². The molecule has 30 heavy (non-hydrogen) atoms. The van der Waals surface area contributed by atoms with E-state index < -0.39 is 11.9 Å². The highest BCUT2D eigenvalue weighted by atomic mass is 16.4. The molecular formula is C24H30N2O4. The summed E-state index contributed by atoms with van der Waals surface area (Å²) in [6.45, 7) is 6.74. The lowest BCUT2D eigenvalue weighted by Gasteiger charge is -2.26. The summed E-state index contributed by atoms with van der Waals surface area (Å²) in [5.41, 5.74) is 9.10. The molecule has 2 aliphatic rings. The molecule has 4 rings (SSSR count). The molecule has 2 aromatic rings. The summed E-state index contributed by atoms with van der Waals surface area (Å²) in [6, 6.07) is 10.1. The number of benzene rings is 1. The molecule has 0 saturated heterocycles. The third-order valence-electron chi connectivity index (χ3n) is 5.71. The third-order valence-corrected chi connectivity index (χ3v) is 5.71. The Hall–Kier alpha value is -2.86. The number of rotatable bonds is 5. The summed E-state index contributed by atoms with van der Waals surface area (Å²) in [6.07, 6.45) is 7.32. The molecule has 0 bridgehead atoms. The van der Waals surface area contributed by atoms with E-state index in [1.54, 1.807) is 11.1 Å². The van der Waals surface area contributed by atoms with Crippen molar-refractivity contribution >= 4 is 11.9 Å². The summed E-state index contributed by atoms with van der Waals surface area (Å²) >= 11 is 0. The molecule has 0 fully saturated rings. The van der Waals surface area contributed by atoms with Gasteiger partial charge in [0.2, 0.25) is 0 Å². The number of carboxylic acid groups (broad SMARTS) is 2. The monoisotopic (exact) mass is 410 g/mol. The van der Waals surface area contributed by atoms with Crippen LogP contribution in [0.2, 0.25) is 0 Å². The maximum atomic E-state index is 9.55. The van der Waals surface area contributed by atoms with Crippen LogP contribution in [-0.4, -0.2) is 33.3 Å². The molecule has 1 aliphatic heterocycles. The molecule has 0 radical (unpaired) electrons. The Morgan fingerprint density at radius 2 is 1.83 bits per heavy atom. The van der Waals surface area contributed by atoms with Gasteiger partial charge in [-0.2, -0.15) is 0 Å². The van der Waals surface area contributed by atoms with E-state index in [-0.39, 0.29) is 0 Å². The molecule has 1 unspecified atom stereocenters. The number of carbonyl (C=O) groups is 2. The molecule has 1 aromatic heterocycles. The Labute approximate surface area is 177 Å². The van der Waals surface area contributed by atoms with Gasteiger partial charge in [-0.1, -0.05) is 31.5 Å². The zero-order valence-electron chi connectivity index (χ0n) is 17.6. The van der Waals surface area contributed by atoms with Gasteiger partial charge in [-0.05, 0) is 55.4 Å². The number of aliphatic carboxylic acids is 2. The molecule has 1 aromatic carbocycles. The molecule has 0 spiro atoms. The van der Waals surface area contributed by atoms with Crippen LogP contribution in [0.5, 0.6) is 0 Å². The molecule has 160 valence electrons. The first-order chi connectivity index (χ1) is 14.4. The minimum Gasteiger partial charge on any atom is -0.478 e. The van der Waals surface area contributed by atoms with Gasteiger partial charge in [-0.25, -0.2) is 9.59 Å². The van der Waals surface area contributed by atoms with E-state index >= 15 is 0 Å². The zero-order chi connectivity index (χ0) is 21.7. The van der Waals surface area contributed by atoms with Gasteiger partial charge in [0.1, 0.15) is 0 Å². The fraction of sp³-hybridized carbons (Fsp3) is 0.417. The maximum absolute atomic E-state index is 9.55. The van der Waals surface area contributed by atoms with Crippen molar-refractivity contribution in [2.24, 2.45) is 0 Å². The number of aryl methyl sites for hydroxylation is 3. The highest BCUT2D eigenvalue weighted by molar-refractivity contribution is 5.89. The average molecular weight is 411 g/mol. The van der Waals surface area contributed by atoms with Crippen molar-refractivity contribution in [3.8, 4) is 11.3 Å². The quantitative estimate of drug-likeness (QED) is 0.649. The molecule has 1 aliphatic carbocycles. The second kappa shape index (κ2) is 9.76. The first-order valence-electron chi connectivity index (χ1n) is 10.6. The van der Waals surface area contributed by atoms with Gasteiger partial charge in [0.25, 0.3) is 0 Å². The van der Waals surface area contributed by atoms with Gasteiger partial charge in [-0.3, -0.25) is 0 Å². The van der Waals surface area contributed by atoms with E-state index in [0.29, 0.717) is 18.2 Å². The molecular weight excluding hydrogens is 380 g/mol. The second-order valence-corrected chi connectivity index (χ2v) is 7.88. The maximum Gasteiger partial charge on any atom is 0.328 e. The molecule has 6 nitrogen and oxygen atoms in total. The van der Waals surface area contributed by atoms with E-state index in [9.17, 15) is 9.59 Å². The summed E-state index contributed by atoms with van der Waals surface area (Å²) < 4.78 is 2.57. The second-order valence-electron chi connectivity index (χ2n) is 7.88. The molecule has 6 heteroatoms. The number of aromatic nitrogens is 1. The van der Waals surface area contributed by atoms with Crippen molar-refractivity contribution < 1.29 is 19.8 Å². The number of hydrogen-bond donors (Lipinski definition) is 3. The number of fused-ring (bicyclic) bond motifs is 5. The molecule has 0 amide bonds. The van der Waals surface area contributed by atoms with Crippen LogP contribution in [0.3, 0.4) is 0 Å². The van der Waals surface area contributed by atoms with Gasteiger partial charge in [0.05, 0.1) is 5.69 Å². The topological polar surface area (TPSA) is 91.6 Å². The Balaban J connectivity index is 0.000000275. The number of unbranched alkanes of at least 4 members (excludes halogenated alkanes) is 1. The lowest BCUT2D eigenvalue weighted by atomic mass is 9.88. The van der Waals surface area contributed by atoms with E-state index in [0.717, 1.165) is 13.1 Å². The van der Waals surface area contributed by atoms with Crippen LogP contribution in [0.15, 0.2) is 36.4 Å². The lowest BCUT2D eigenvalue weighted by Crippen LogP contribution is -2.31. The number of nitrogens with zero attached hydrogens (tertiary/aromatic N) is 1. The Kier molecular flexibility index (Phi) is 7.11. The van der Waals surface area contributed by atoms with E-state index in [1.807, 2.05) is 0 Å².